The molecule has 0 aromatic carbocycles. The molecule has 0 fully saturated rings. The highest BCUT2D eigenvalue weighted by molar-refractivity contribution is 7.98. The second-order valence-corrected chi connectivity index (χ2v) is 5.51. The van der Waals surface area contributed by atoms with Crippen LogP contribution in [0.2, 0.25) is 5.02 Å². The largest absolute Gasteiger partial charge is 0.370 e. The number of imidazole rings is 1. The molecule has 0 saturated heterocycles. The molecule has 0 saturated carbocycles. The van der Waals surface area contributed by atoms with Crippen LogP contribution in [0.5, 0.6) is 0 Å². The Morgan fingerprint density at radius 1 is 1.42 bits per heavy atom. The van der Waals surface area contributed by atoms with Crippen molar-refractivity contribution in [2.45, 2.75) is 24.3 Å². The van der Waals surface area contributed by atoms with Crippen molar-refractivity contribution in [2.75, 3.05) is 11.9 Å². The van der Waals surface area contributed by atoms with Crippen molar-refractivity contribution in [1.82, 2.24) is 14.5 Å². The maximum atomic E-state index is 6.18. The van der Waals surface area contributed by atoms with Crippen LogP contribution in [-0.4, -0.2) is 21.1 Å². The summed E-state index contributed by atoms with van der Waals surface area (Å²) in [6, 6.07) is 3.80. The SMILES string of the molecule is CCCNc1ccc(Cl)c(CSc2nccn2C)n1. The number of hydrogen-bond donors (Lipinski definition) is 1. The monoisotopic (exact) mass is 296 g/mol. The van der Waals surface area contributed by atoms with Crippen molar-refractivity contribution in [3.8, 4) is 0 Å². The number of nitrogens with zero attached hydrogens (tertiary/aromatic N) is 3. The Morgan fingerprint density at radius 3 is 2.95 bits per heavy atom. The van der Waals surface area contributed by atoms with Gasteiger partial charge in [-0.2, -0.15) is 0 Å². The summed E-state index contributed by atoms with van der Waals surface area (Å²) in [6.07, 6.45) is 4.79. The molecule has 0 spiro atoms. The highest BCUT2D eigenvalue weighted by atomic mass is 35.5. The molecule has 0 aliphatic heterocycles. The Morgan fingerprint density at radius 2 is 2.26 bits per heavy atom. The van der Waals surface area contributed by atoms with Gasteiger partial charge in [0.05, 0.1) is 10.7 Å². The van der Waals surface area contributed by atoms with Crippen molar-refractivity contribution >= 4 is 29.2 Å². The van der Waals surface area contributed by atoms with E-state index < -0.39 is 0 Å². The fourth-order valence-electron chi connectivity index (χ4n) is 1.56. The minimum Gasteiger partial charge on any atom is -0.370 e. The third-order valence-corrected chi connectivity index (χ3v) is 4.00. The van der Waals surface area contributed by atoms with Crippen LogP contribution in [0.15, 0.2) is 29.7 Å². The predicted octanol–water partition coefficient (Wildman–Crippen LogP) is 3.58. The lowest BCUT2D eigenvalue weighted by Crippen LogP contribution is -2.03. The van der Waals surface area contributed by atoms with E-state index in [4.69, 9.17) is 11.6 Å². The van der Waals surface area contributed by atoms with E-state index in [0.717, 1.165) is 29.6 Å². The first-order valence-corrected chi connectivity index (χ1v) is 7.56. The first-order chi connectivity index (χ1) is 9.20. The summed E-state index contributed by atoms with van der Waals surface area (Å²) in [6.45, 7) is 3.04. The zero-order valence-electron chi connectivity index (χ0n) is 11.1. The molecule has 0 radical (unpaired) electrons. The number of hydrogen-bond acceptors (Lipinski definition) is 4. The van der Waals surface area contributed by atoms with Crippen molar-refractivity contribution in [3.63, 3.8) is 0 Å². The van der Waals surface area contributed by atoms with Gasteiger partial charge in [-0.3, -0.25) is 0 Å². The molecular formula is C13H17ClN4S. The minimum absolute atomic E-state index is 0.698. The van der Waals surface area contributed by atoms with Crippen molar-refractivity contribution in [1.29, 1.82) is 0 Å². The molecule has 102 valence electrons. The molecule has 1 N–H and O–H groups in total. The van der Waals surface area contributed by atoms with Gasteiger partial charge in [0, 0.05) is 31.7 Å². The van der Waals surface area contributed by atoms with E-state index in [1.54, 1.807) is 18.0 Å². The molecule has 6 heteroatoms. The Kier molecular flexibility index (Phi) is 5.10. The molecule has 4 nitrogen and oxygen atoms in total. The lowest BCUT2D eigenvalue weighted by molar-refractivity contribution is 0.789. The van der Waals surface area contributed by atoms with E-state index in [0.29, 0.717) is 10.8 Å². The normalized spacial score (nSPS) is 10.7. The zero-order chi connectivity index (χ0) is 13.7. The first-order valence-electron chi connectivity index (χ1n) is 6.20. The first kappa shape index (κ1) is 14.2. The van der Waals surface area contributed by atoms with Crippen LogP contribution in [0.1, 0.15) is 19.0 Å². The summed E-state index contributed by atoms with van der Waals surface area (Å²) in [5.74, 6) is 1.59. The van der Waals surface area contributed by atoms with Gasteiger partial charge in [0.15, 0.2) is 5.16 Å². The molecule has 0 aliphatic carbocycles. The van der Waals surface area contributed by atoms with Gasteiger partial charge in [-0.05, 0) is 18.6 Å². The van der Waals surface area contributed by atoms with Crippen LogP contribution in [0.4, 0.5) is 5.82 Å². The van der Waals surface area contributed by atoms with Crippen molar-refractivity contribution < 1.29 is 0 Å². The van der Waals surface area contributed by atoms with E-state index in [1.807, 2.05) is 29.9 Å². The second kappa shape index (κ2) is 6.82. The van der Waals surface area contributed by atoms with Crippen LogP contribution in [0.3, 0.4) is 0 Å². The van der Waals surface area contributed by atoms with Gasteiger partial charge >= 0.3 is 0 Å². The molecular weight excluding hydrogens is 280 g/mol. The molecule has 0 aliphatic rings. The van der Waals surface area contributed by atoms with Gasteiger partial charge in [-0.15, -0.1) is 0 Å². The molecule has 0 bridgehead atoms. The number of rotatable bonds is 6. The van der Waals surface area contributed by atoms with Crippen LogP contribution in [-0.2, 0) is 12.8 Å². The van der Waals surface area contributed by atoms with Gasteiger partial charge < -0.3 is 9.88 Å². The number of anilines is 1. The number of thioether (sulfide) groups is 1. The Balaban J connectivity index is 2.04. The number of aromatic nitrogens is 3. The van der Waals surface area contributed by atoms with Gasteiger partial charge in [-0.25, -0.2) is 9.97 Å². The summed E-state index contributed by atoms with van der Waals surface area (Å²) in [7, 11) is 1.98. The Bertz CT molecular complexity index is 541. The van der Waals surface area contributed by atoms with Crippen LogP contribution in [0, 0.1) is 0 Å². The zero-order valence-corrected chi connectivity index (χ0v) is 12.6. The average Bonchev–Trinajstić information content (AvgIpc) is 2.82. The lowest BCUT2D eigenvalue weighted by atomic mass is 10.3. The molecule has 2 heterocycles. The van der Waals surface area contributed by atoms with E-state index in [2.05, 4.69) is 22.2 Å². The summed E-state index contributed by atoms with van der Waals surface area (Å²) in [5, 5.41) is 4.93. The second-order valence-electron chi connectivity index (χ2n) is 4.16. The molecule has 2 aromatic rings. The van der Waals surface area contributed by atoms with Crippen molar-refractivity contribution in [2.24, 2.45) is 7.05 Å². The lowest BCUT2D eigenvalue weighted by Gasteiger charge is -2.08. The van der Waals surface area contributed by atoms with Crippen LogP contribution < -0.4 is 5.32 Å². The molecule has 0 amide bonds. The number of aryl methyl sites for hydroxylation is 1. The topological polar surface area (TPSA) is 42.7 Å². The molecule has 0 atom stereocenters. The van der Waals surface area contributed by atoms with Crippen LogP contribution >= 0.6 is 23.4 Å². The number of halogens is 1. The summed E-state index contributed by atoms with van der Waals surface area (Å²) in [4.78, 5) is 8.81. The highest BCUT2D eigenvalue weighted by Crippen LogP contribution is 2.25. The van der Waals surface area contributed by atoms with Gasteiger partial charge in [0.1, 0.15) is 5.82 Å². The van der Waals surface area contributed by atoms with Crippen LogP contribution in [0.25, 0.3) is 0 Å². The number of pyridine rings is 1. The van der Waals surface area contributed by atoms with E-state index in [-0.39, 0.29) is 0 Å². The van der Waals surface area contributed by atoms with Crippen molar-refractivity contribution in [3.05, 3.63) is 35.2 Å². The summed E-state index contributed by atoms with van der Waals surface area (Å²) in [5.41, 5.74) is 0.885. The summed E-state index contributed by atoms with van der Waals surface area (Å²) >= 11 is 7.81. The fourth-order valence-corrected chi connectivity index (χ4v) is 2.70. The van der Waals surface area contributed by atoms with Gasteiger partial charge in [-0.1, -0.05) is 30.3 Å². The quantitative estimate of drug-likeness (QED) is 0.827. The van der Waals surface area contributed by atoms with E-state index >= 15 is 0 Å². The Labute approximate surface area is 122 Å². The fraction of sp³-hybridized carbons (Fsp3) is 0.385. The number of nitrogens with one attached hydrogen (secondary N) is 1. The predicted molar refractivity (Wildman–Crippen MR) is 80.8 cm³/mol. The maximum Gasteiger partial charge on any atom is 0.168 e. The van der Waals surface area contributed by atoms with Gasteiger partial charge in [0.25, 0.3) is 0 Å². The third-order valence-electron chi connectivity index (χ3n) is 2.59. The standard InChI is InChI=1S/C13H17ClN4S/c1-3-6-15-12-5-4-10(14)11(17-12)9-19-13-16-7-8-18(13)2/h4-5,7-8H,3,6,9H2,1-2H3,(H,15,17). The summed E-state index contributed by atoms with van der Waals surface area (Å²) < 4.78 is 1.98. The molecule has 2 rings (SSSR count). The minimum atomic E-state index is 0.698. The van der Waals surface area contributed by atoms with E-state index in [9.17, 15) is 0 Å². The average molecular weight is 297 g/mol. The Hall–Kier alpha value is -1.20. The molecule has 2 aromatic heterocycles. The molecule has 19 heavy (non-hydrogen) atoms. The molecule has 0 unspecified atom stereocenters. The van der Waals surface area contributed by atoms with E-state index in [1.165, 1.54) is 0 Å². The van der Waals surface area contributed by atoms with Gasteiger partial charge in [0.2, 0.25) is 0 Å². The highest BCUT2D eigenvalue weighted by Gasteiger charge is 2.07. The smallest absolute Gasteiger partial charge is 0.168 e. The maximum absolute atomic E-state index is 6.18. The third kappa shape index (κ3) is 3.88.